The van der Waals surface area contributed by atoms with Crippen LogP contribution >= 0.6 is 11.3 Å². The summed E-state index contributed by atoms with van der Waals surface area (Å²) in [6, 6.07) is 58.6. The molecule has 0 amide bonds. The van der Waals surface area contributed by atoms with Crippen LogP contribution in [0.4, 0.5) is 0 Å². The molecule has 0 spiro atoms. The predicted molar refractivity (Wildman–Crippen MR) is 214 cm³/mol. The van der Waals surface area contributed by atoms with E-state index in [-0.39, 0.29) is 0 Å². The molecule has 0 saturated heterocycles. The molecular weight excluding hydrogens is 641 g/mol. The van der Waals surface area contributed by atoms with Crippen molar-refractivity contribution in [2.24, 2.45) is 0 Å². The highest BCUT2D eigenvalue weighted by molar-refractivity contribution is 7.26. The van der Waals surface area contributed by atoms with E-state index in [0.29, 0.717) is 5.95 Å². The Bertz CT molecular complexity index is 3090. The molecule has 0 bridgehead atoms. The lowest BCUT2D eigenvalue weighted by molar-refractivity contribution is 0.992. The maximum Gasteiger partial charge on any atom is 0.235 e. The van der Waals surface area contributed by atoms with Gasteiger partial charge in [0.1, 0.15) is 0 Å². The second-order valence-electron chi connectivity index (χ2n) is 13.0. The number of para-hydroxylation sites is 2. The molecule has 0 N–H and O–H groups in total. The van der Waals surface area contributed by atoms with E-state index < -0.39 is 0 Å². The van der Waals surface area contributed by atoms with E-state index in [1.165, 1.54) is 58.3 Å². The van der Waals surface area contributed by atoms with E-state index in [1.807, 2.05) is 23.6 Å². The molecule has 11 rings (SSSR count). The Balaban J connectivity index is 1.14. The highest BCUT2D eigenvalue weighted by Crippen LogP contribution is 2.44. The number of rotatable bonds is 4. The smallest absolute Gasteiger partial charge is 0.235 e. The van der Waals surface area contributed by atoms with Crippen LogP contribution in [0.3, 0.4) is 0 Å². The number of thiophene rings is 1. The van der Waals surface area contributed by atoms with Gasteiger partial charge in [0.25, 0.3) is 0 Å². The zero-order chi connectivity index (χ0) is 33.5. The lowest BCUT2D eigenvalue weighted by atomic mass is 10.0. The van der Waals surface area contributed by atoms with Crippen molar-refractivity contribution in [1.82, 2.24) is 19.1 Å². The molecule has 0 aliphatic heterocycles. The number of hydrogen-bond acceptors (Lipinski definition) is 3. The molecule has 0 saturated carbocycles. The normalized spacial score (nSPS) is 11.9. The van der Waals surface area contributed by atoms with Gasteiger partial charge in [-0.3, -0.25) is 4.57 Å². The van der Waals surface area contributed by atoms with Crippen LogP contribution in [0.5, 0.6) is 0 Å². The molecule has 0 radical (unpaired) electrons. The third-order valence-corrected chi connectivity index (χ3v) is 11.4. The molecule has 4 aromatic heterocycles. The van der Waals surface area contributed by atoms with Crippen LogP contribution in [0.1, 0.15) is 0 Å². The first-order valence-corrected chi connectivity index (χ1v) is 18.0. The Morgan fingerprint density at radius 2 is 1.14 bits per heavy atom. The van der Waals surface area contributed by atoms with Crippen LogP contribution in [0.2, 0.25) is 0 Å². The summed E-state index contributed by atoms with van der Waals surface area (Å²) in [6.07, 6.45) is 1.89. The molecule has 0 aliphatic carbocycles. The summed E-state index contributed by atoms with van der Waals surface area (Å²) >= 11 is 1.86. The van der Waals surface area contributed by atoms with Crippen LogP contribution < -0.4 is 0 Å². The van der Waals surface area contributed by atoms with E-state index in [0.717, 1.165) is 33.5 Å². The van der Waals surface area contributed by atoms with Crippen molar-refractivity contribution >= 4 is 75.1 Å². The van der Waals surface area contributed by atoms with Gasteiger partial charge in [0, 0.05) is 59.2 Å². The molecule has 4 heterocycles. The number of fused-ring (bicyclic) bond motifs is 10. The van der Waals surface area contributed by atoms with Crippen molar-refractivity contribution in [3.63, 3.8) is 0 Å². The Hall–Kier alpha value is -6.56. The van der Waals surface area contributed by atoms with Gasteiger partial charge < -0.3 is 4.57 Å². The molecule has 51 heavy (non-hydrogen) atoms. The third kappa shape index (κ3) is 4.25. The van der Waals surface area contributed by atoms with Crippen molar-refractivity contribution in [1.29, 1.82) is 0 Å². The molecule has 0 fully saturated rings. The van der Waals surface area contributed by atoms with Gasteiger partial charge in [-0.1, -0.05) is 115 Å². The molecule has 238 valence electrons. The van der Waals surface area contributed by atoms with E-state index in [2.05, 4.69) is 167 Å². The van der Waals surface area contributed by atoms with Crippen molar-refractivity contribution in [3.8, 4) is 34.0 Å². The van der Waals surface area contributed by atoms with Crippen molar-refractivity contribution < 1.29 is 0 Å². The van der Waals surface area contributed by atoms with Gasteiger partial charge in [0.15, 0.2) is 0 Å². The minimum Gasteiger partial charge on any atom is -0.309 e. The maximum atomic E-state index is 5.30. The molecule has 5 heteroatoms. The van der Waals surface area contributed by atoms with Gasteiger partial charge >= 0.3 is 0 Å². The lowest BCUT2D eigenvalue weighted by Gasteiger charge is -2.11. The summed E-state index contributed by atoms with van der Waals surface area (Å²) in [7, 11) is 0. The highest BCUT2D eigenvalue weighted by Gasteiger charge is 2.20. The van der Waals surface area contributed by atoms with E-state index in [9.17, 15) is 0 Å². The number of benzene rings is 7. The van der Waals surface area contributed by atoms with Crippen LogP contribution in [0.25, 0.3) is 97.8 Å². The molecule has 0 atom stereocenters. The quantitative estimate of drug-likeness (QED) is 0.187. The first kappa shape index (κ1) is 28.3. The SMILES string of the molecule is c1ccc(-c2ccc3c4c5sc6ccccc6c5ccc4n(-c4nccc(-c5cccc(-n6c7ccccc7c7ccccc76)c5)n4)c3c2)cc1. The maximum absolute atomic E-state index is 5.30. The van der Waals surface area contributed by atoms with Gasteiger partial charge in [-0.25, -0.2) is 9.97 Å². The zero-order valence-electron chi connectivity index (χ0n) is 27.4. The van der Waals surface area contributed by atoms with Gasteiger partial charge in [-0.15, -0.1) is 11.3 Å². The molecular formula is C46H28N4S. The van der Waals surface area contributed by atoms with Gasteiger partial charge in [0.2, 0.25) is 5.95 Å². The molecule has 7 aromatic carbocycles. The fourth-order valence-corrected chi connectivity index (χ4v) is 9.19. The Kier molecular flexibility index (Phi) is 6.09. The first-order valence-electron chi connectivity index (χ1n) is 17.2. The largest absolute Gasteiger partial charge is 0.309 e. The highest BCUT2D eigenvalue weighted by atomic mass is 32.1. The van der Waals surface area contributed by atoms with E-state index >= 15 is 0 Å². The summed E-state index contributed by atoms with van der Waals surface area (Å²) in [5.41, 5.74) is 9.92. The summed E-state index contributed by atoms with van der Waals surface area (Å²) in [6.45, 7) is 0. The van der Waals surface area contributed by atoms with Crippen LogP contribution in [0.15, 0.2) is 170 Å². The second kappa shape index (κ2) is 11.0. The topological polar surface area (TPSA) is 35.6 Å². The number of nitrogens with zero attached hydrogens (tertiary/aromatic N) is 4. The van der Waals surface area contributed by atoms with Gasteiger partial charge in [-0.05, 0) is 59.7 Å². The lowest BCUT2D eigenvalue weighted by Crippen LogP contribution is -2.02. The fourth-order valence-electron chi connectivity index (χ4n) is 7.93. The van der Waals surface area contributed by atoms with Gasteiger partial charge in [-0.2, -0.15) is 0 Å². The first-order chi connectivity index (χ1) is 25.3. The average molecular weight is 669 g/mol. The molecule has 4 nitrogen and oxygen atoms in total. The molecule has 0 aliphatic rings. The van der Waals surface area contributed by atoms with Crippen LogP contribution in [-0.2, 0) is 0 Å². The molecule has 11 aromatic rings. The summed E-state index contributed by atoms with van der Waals surface area (Å²) < 4.78 is 7.19. The third-order valence-electron chi connectivity index (χ3n) is 10.2. The number of aromatic nitrogens is 4. The predicted octanol–water partition coefficient (Wildman–Crippen LogP) is 12.4. The monoisotopic (exact) mass is 668 g/mol. The molecule has 0 unspecified atom stereocenters. The minimum atomic E-state index is 0.653. The zero-order valence-corrected chi connectivity index (χ0v) is 28.2. The Morgan fingerprint density at radius 1 is 0.431 bits per heavy atom. The van der Waals surface area contributed by atoms with E-state index in [1.54, 1.807) is 0 Å². The van der Waals surface area contributed by atoms with E-state index in [4.69, 9.17) is 9.97 Å². The minimum absolute atomic E-state index is 0.653. The number of hydrogen-bond donors (Lipinski definition) is 0. The van der Waals surface area contributed by atoms with Crippen molar-refractivity contribution in [3.05, 3.63) is 170 Å². The second-order valence-corrected chi connectivity index (χ2v) is 14.1. The van der Waals surface area contributed by atoms with Crippen LogP contribution in [0, 0.1) is 0 Å². The summed E-state index contributed by atoms with van der Waals surface area (Å²) in [4.78, 5) is 10.2. The Labute approximate surface area is 297 Å². The fraction of sp³-hybridized carbons (Fsp3) is 0. The van der Waals surface area contributed by atoms with Gasteiger partial charge in [0.05, 0.1) is 27.8 Å². The van der Waals surface area contributed by atoms with Crippen molar-refractivity contribution in [2.75, 3.05) is 0 Å². The standard InChI is InChI=1S/C46H28N4S/c1-2-11-29(12-3-1)30-21-22-37-42(28-30)50(41-24-23-36-35-17-6-9-20-43(35)51-45(36)44(37)41)46-47-26-25-38(48-46)31-13-10-14-32(27-31)49-39-18-7-4-15-33(39)34-16-5-8-19-40(34)49/h1-28H. The van der Waals surface area contributed by atoms with Crippen molar-refractivity contribution in [2.45, 2.75) is 0 Å². The average Bonchev–Trinajstić information content (AvgIpc) is 3.86. The summed E-state index contributed by atoms with van der Waals surface area (Å²) in [5, 5.41) is 7.51. The summed E-state index contributed by atoms with van der Waals surface area (Å²) in [5.74, 6) is 0.653. The Morgan fingerprint density at radius 3 is 1.96 bits per heavy atom. The van der Waals surface area contributed by atoms with Crippen LogP contribution in [-0.4, -0.2) is 19.1 Å².